The number of hydrogen-bond donors (Lipinski definition) is 3. The molecule has 0 bridgehead atoms. The van der Waals surface area contributed by atoms with Gasteiger partial charge in [0, 0.05) is 3.57 Å². The molecule has 0 aliphatic heterocycles. The van der Waals surface area contributed by atoms with Gasteiger partial charge in [0.05, 0.1) is 11.3 Å². The minimum atomic E-state index is -0.985. The first-order valence-electron chi connectivity index (χ1n) is 3.14. The van der Waals surface area contributed by atoms with Gasteiger partial charge in [-0.05, 0) is 40.8 Å². The molecular weight excluding hydrogens is 306 g/mol. The molecule has 0 unspecified atom stereocenters. The van der Waals surface area contributed by atoms with Crippen LogP contribution in [0.1, 0.15) is 10.4 Å². The molecule has 6 heteroatoms. The summed E-state index contributed by atoms with van der Waals surface area (Å²) in [6.45, 7) is 0. The fourth-order valence-electron chi connectivity index (χ4n) is 0.819. The summed E-state index contributed by atoms with van der Waals surface area (Å²) in [5.74, 6) is 4.14. The molecule has 0 atom stereocenters. The van der Waals surface area contributed by atoms with E-state index >= 15 is 0 Å². The van der Waals surface area contributed by atoms with Crippen molar-refractivity contribution in [1.82, 2.24) is 0 Å². The van der Waals surface area contributed by atoms with Crippen molar-refractivity contribution in [2.75, 3.05) is 5.43 Å². The molecule has 0 saturated heterocycles. The number of carbonyl (C=O) groups is 1. The Morgan fingerprint density at radius 2 is 2.15 bits per heavy atom. The van der Waals surface area contributed by atoms with Crippen molar-refractivity contribution >= 4 is 46.7 Å². The standard InChI is InChI=1S/C7H7IN2O2.ClH/c8-4-1-2-6(10-9)5(3-4)7(11)12;/h1-3,10H,9H2,(H,11,12);1H. The van der Waals surface area contributed by atoms with Gasteiger partial charge in [-0.3, -0.25) is 5.84 Å². The SMILES string of the molecule is Cl.NNc1ccc(I)cc1C(=O)O. The van der Waals surface area contributed by atoms with Crippen LogP contribution in [-0.4, -0.2) is 11.1 Å². The molecule has 72 valence electrons. The zero-order valence-corrected chi connectivity index (χ0v) is 9.43. The summed E-state index contributed by atoms with van der Waals surface area (Å²) in [7, 11) is 0. The molecule has 0 amide bonds. The number of halogens is 2. The van der Waals surface area contributed by atoms with E-state index in [1.54, 1.807) is 18.2 Å². The maximum atomic E-state index is 10.6. The second-order valence-electron chi connectivity index (χ2n) is 2.14. The number of nitrogens with one attached hydrogen (secondary N) is 1. The molecule has 1 rings (SSSR count). The van der Waals surface area contributed by atoms with Crippen molar-refractivity contribution < 1.29 is 9.90 Å². The van der Waals surface area contributed by atoms with Crippen LogP contribution in [0.15, 0.2) is 18.2 Å². The van der Waals surface area contributed by atoms with Crippen LogP contribution in [0, 0.1) is 3.57 Å². The Balaban J connectivity index is 0.00000144. The van der Waals surface area contributed by atoms with E-state index in [1.807, 2.05) is 22.6 Å². The molecule has 0 aliphatic rings. The highest BCUT2D eigenvalue weighted by molar-refractivity contribution is 14.1. The van der Waals surface area contributed by atoms with Crippen LogP contribution in [0.4, 0.5) is 5.69 Å². The van der Waals surface area contributed by atoms with Crippen molar-refractivity contribution in [3.63, 3.8) is 0 Å². The lowest BCUT2D eigenvalue weighted by molar-refractivity contribution is 0.0698. The van der Waals surface area contributed by atoms with E-state index in [-0.39, 0.29) is 18.0 Å². The van der Waals surface area contributed by atoms with Gasteiger partial charge in [-0.25, -0.2) is 4.79 Å². The lowest BCUT2D eigenvalue weighted by Gasteiger charge is -2.04. The van der Waals surface area contributed by atoms with E-state index in [0.717, 1.165) is 3.57 Å². The molecule has 0 aromatic heterocycles. The number of carboxylic acid groups (broad SMARTS) is 1. The number of anilines is 1. The molecule has 0 fully saturated rings. The zero-order chi connectivity index (χ0) is 9.14. The number of carboxylic acids is 1. The third kappa shape index (κ3) is 3.02. The molecule has 0 aliphatic carbocycles. The van der Waals surface area contributed by atoms with Crippen molar-refractivity contribution in [2.45, 2.75) is 0 Å². The normalized spacial score (nSPS) is 8.77. The monoisotopic (exact) mass is 314 g/mol. The van der Waals surface area contributed by atoms with Crippen LogP contribution >= 0.6 is 35.0 Å². The van der Waals surface area contributed by atoms with E-state index in [1.165, 1.54) is 0 Å². The maximum absolute atomic E-state index is 10.6. The van der Waals surface area contributed by atoms with Gasteiger partial charge < -0.3 is 10.5 Å². The van der Waals surface area contributed by atoms with Gasteiger partial charge in [-0.2, -0.15) is 0 Å². The Labute approximate surface area is 95.0 Å². The first kappa shape index (κ1) is 12.5. The smallest absolute Gasteiger partial charge is 0.337 e. The number of benzene rings is 1. The van der Waals surface area contributed by atoms with Gasteiger partial charge in [-0.1, -0.05) is 0 Å². The first-order valence-corrected chi connectivity index (χ1v) is 4.22. The highest BCUT2D eigenvalue weighted by Gasteiger charge is 2.08. The largest absolute Gasteiger partial charge is 0.478 e. The van der Waals surface area contributed by atoms with E-state index in [4.69, 9.17) is 10.9 Å². The van der Waals surface area contributed by atoms with Crippen molar-refractivity contribution in [3.8, 4) is 0 Å². The Bertz CT molecular complexity index is 319. The third-order valence-electron chi connectivity index (χ3n) is 1.37. The van der Waals surface area contributed by atoms with Crippen LogP contribution in [0.2, 0.25) is 0 Å². The summed E-state index contributed by atoms with van der Waals surface area (Å²) in [5.41, 5.74) is 2.92. The zero-order valence-electron chi connectivity index (χ0n) is 6.45. The fraction of sp³-hybridized carbons (Fsp3) is 0. The molecule has 0 saturated carbocycles. The highest BCUT2D eigenvalue weighted by Crippen LogP contribution is 2.17. The van der Waals surface area contributed by atoms with Crippen LogP contribution in [0.25, 0.3) is 0 Å². The van der Waals surface area contributed by atoms with Crippen molar-refractivity contribution in [3.05, 3.63) is 27.3 Å². The molecule has 1 aromatic rings. The average Bonchev–Trinajstić information content (AvgIpc) is 2.04. The molecule has 13 heavy (non-hydrogen) atoms. The van der Waals surface area contributed by atoms with Crippen LogP contribution in [0.5, 0.6) is 0 Å². The Morgan fingerprint density at radius 1 is 1.54 bits per heavy atom. The van der Waals surface area contributed by atoms with Gasteiger partial charge in [-0.15, -0.1) is 12.4 Å². The molecule has 0 heterocycles. The van der Waals surface area contributed by atoms with Gasteiger partial charge in [0.1, 0.15) is 0 Å². The minimum absolute atomic E-state index is 0. The lowest BCUT2D eigenvalue weighted by Crippen LogP contribution is -2.11. The quantitative estimate of drug-likeness (QED) is 0.441. The summed E-state index contributed by atoms with van der Waals surface area (Å²) in [4.78, 5) is 10.6. The number of hydrogen-bond acceptors (Lipinski definition) is 3. The topological polar surface area (TPSA) is 75.3 Å². The van der Waals surface area contributed by atoms with Gasteiger partial charge in [0.25, 0.3) is 0 Å². The number of nitrogens with two attached hydrogens (primary N) is 1. The second kappa shape index (κ2) is 5.25. The summed E-state index contributed by atoms with van der Waals surface area (Å²) >= 11 is 2.04. The predicted molar refractivity (Wildman–Crippen MR) is 61.2 cm³/mol. The number of rotatable bonds is 2. The fourth-order valence-corrected chi connectivity index (χ4v) is 1.31. The minimum Gasteiger partial charge on any atom is -0.478 e. The number of hydrazine groups is 1. The lowest BCUT2D eigenvalue weighted by atomic mass is 10.2. The summed E-state index contributed by atoms with van der Waals surface area (Å²) < 4.78 is 0.865. The molecule has 1 aromatic carbocycles. The van der Waals surface area contributed by atoms with E-state index in [0.29, 0.717) is 5.69 Å². The number of aromatic carboxylic acids is 1. The average molecular weight is 315 g/mol. The maximum Gasteiger partial charge on any atom is 0.337 e. The summed E-state index contributed by atoms with van der Waals surface area (Å²) in [5, 5.41) is 8.72. The van der Waals surface area contributed by atoms with Crippen LogP contribution < -0.4 is 11.3 Å². The van der Waals surface area contributed by atoms with Gasteiger partial charge >= 0.3 is 5.97 Å². The van der Waals surface area contributed by atoms with E-state index in [2.05, 4.69) is 5.43 Å². The Morgan fingerprint density at radius 3 is 2.62 bits per heavy atom. The van der Waals surface area contributed by atoms with Gasteiger partial charge in [0.2, 0.25) is 0 Å². The summed E-state index contributed by atoms with van der Waals surface area (Å²) in [6.07, 6.45) is 0. The van der Waals surface area contributed by atoms with E-state index < -0.39 is 5.97 Å². The van der Waals surface area contributed by atoms with Crippen molar-refractivity contribution in [1.29, 1.82) is 0 Å². The predicted octanol–water partition coefficient (Wildman–Crippen LogP) is 1.70. The Hall–Kier alpha value is -0.530. The van der Waals surface area contributed by atoms with Gasteiger partial charge in [0.15, 0.2) is 0 Å². The number of nitrogen functional groups attached to an aromatic ring is 1. The summed E-state index contributed by atoms with van der Waals surface area (Å²) in [6, 6.07) is 4.96. The molecular formula is C7H8ClIN2O2. The second-order valence-corrected chi connectivity index (χ2v) is 3.39. The molecule has 0 spiro atoms. The Kier molecular flexibility index (Phi) is 5.04. The van der Waals surface area contributed by atoms with Crippen LogP contribution in [-0.2, 0) is 0 Å². The highest BCUT2D eigenvalue weighted by atomic mass is 127. The molecule has 4 nitrogen and oxygen atoms in total. The van der Waals surface area contributed by atoms with Crippen LogP contribution in [0.3, 0.4) is 0 Å². The van der Waals surface area contributed by atoms with E-state index in [9.17, 15) is 4.79 Å². The van der Waals surface area contributed by atoms with Crippen molar-refractivity contribution in [2.24, 2.45) is 5.84 Å². The molecule has 4 N–H and O–H groups in total. The first-order chi connectivity index (χ1) is 5.65. The molecule has 0 radical (unpaired) electrons. The third-order valence-corrected chi connectivity index (χ3v) is 2.04.